The molecule has 2 saturated heterocycles. The number of carbonyl (C=O) groups excluding carboxylic acids is 1. The Bertz CT molecular complexity index is 1090. The topological polar surface area (TPSA) is 75.6 Å². The average molecular weight is 537 g/mol. The van der Waals surface area contributed by atoms with Crippen LogP contribution in [0.15, 0.2) is 53.5 Å². The predicted molar refractivity (Wildman–Crippen MR) is 155 cm³/mol. The molecule has 2 aromatic rings. The third-order valence-electron chi connectivity index (χ3n) is 7.48. The maximum atomic E-state index is 13.7. The number of likely N-dealkylation sites (tertiary alicyclic amines) is 1. The number of methoxy groups -OCH3 is 2. The molecular weight excluding hydrogens is 492 g/mol. The minimum atomic E-state index is -0.00412. The van der Waals surface area contributed by atoms with E-state index in [0.717, 1.165) is 45.6 Å². The highest BCUT2D eigenvalue weighted by molar-refractivity contribution is 5.96. The third-order valence-corrected chi connectivity index (χ3v) is 7.48. The highest BCUT2D eigenvalue weighted by Gasteiger charge is 2.31. The van der Waals surface area contributed by atoms with Gasteiger partial charge < -0.3 is 24.4 Å². The van der Waals surface area contributed by atoms with Crippen LogP contribution in [0.5, 0.6) is 11.5 Å². The molecular formula is C31H44N4O4. The van der Waals surface area contributed by atoms with Crippen molar-refractivity contribution < 1.29 is 19.0 Å². The van der Waals surface area contributed by atoms with Gasteiger partial charge in [-0.3, -0.25) is 14.7 Å². The van der Waals surface area contributed by atoms with E-state index >= 15 is 0 Å². The molecule has 0 spiro atoms. The van der Waals surface area contributed by atoms with Gasteiger partial charge in [-0.1, -0.05) is 30.3 Å². The molecule has 0 saturated carbocycles. The maximum absolute atomic E-state index is 13.7. The number of hydrogen-bond acceptors (Lipinski definition) is 7. The summed E-state index contributed by atoms with van der Waals surface area (Å²) in [4.78, 5) is 23.4. The van der Waals surface area contributed by atoms with Crippen molar-refractivity contribution in [3.05, 3.63) is 59.7 Å². The van der Waals surface area contributed by atoms with Crippen molar-refractivity contribution in [3.63, 3.8) is 0 Å². The zero-order valence-electron chi connectivity index (χ0n) is 23.9. The first kappa shape index (κ1) is 29.1. The van der Waals surface area contributed by atoms with Crippen LogP contribution in [0.1, 0.15) is 42.6 Å². The Labute approximate surface area is 233 Å². The van der Waals surface area contributed by atoms with E-state index in [1.54, 1.807) is 20.3 Å². The summed E-state index contributed by atoms with van der Waals surface area (Å²) in [7, 11) is 3.28. The van der Waals surface area contributed by atoms with Crippen molar-refractivity contribution in [3.8, 4) is 11.5 Å². The lowest BCUT2D eigenvalue weighted by atomic mass is 10.0. The highest BCUT2D eigenvalue weighted by atomic mass is 16.5. The van der Waals surface area contributed by atoms with Gasteiger partial charge in [0, 0.05) is 82.6 Å². The molecule has 2 fully saturated rings. The van der Waals surface area contributed by atoms with Crippen LogP contribution in [-0.2, 0) is 11.3 Å². The van der Waals surface area contributed by atoms with Crippen LogP contribution < -0.4 is 14.8 Å². The SMILES string of the molecule is COCCCOc1cc(C(=O)N(C[C@@H]2CNCC2=NC2CCN(Cc3ccccc3)C2)C(C)C)ccc1OC. The first-order valence-corrected chi connectivity index (χ1v) is 14.1. The average Bonchev–Trinajstić information content (AvgIpc) is 3.58. The number of aliphatic imine (C=N–C) groups is 1. The number of ether oxygens (including phenoxy) is 3. The summed E-state index contributed by atoms with van der Waals surface area (Å²) in [6.07, 6.45) is 1.84. The van der Waals surface area contributed by atoms with Crippen LogP contribution in [-0.4, -0.2) is 93.7 Å². The van der Waals surface area contributed by atoms with Crippen molar-refractivity contribution in [2.75, 3.05) is 60.2 Å². The Morgan fingerprint density at radius 1 is 1.13 bits per heavy atom. The lowest BCUT2D eigenvalue weighted by molar-refractivity contribution is 0.0691. The minimum Gasteiger partial charge on any atom is -0.493 e. The molecule has 2 aliphatic heterocycles. The molecule has 4 rings (SSSR count). The summed E-state index contributed by atoms with van der Waals surface area (Å²) in [6.45, 7) is 10.5. The highest BCUT2D eigenvalue weighted by Crippen LogP contribution is 2.29. The van der Waals surface area contributed by atoms with Crippen LogP contribution in [0.4, 0.5) is 0 Å². The minimum absolute atomic E-state index is 0.00412. The Balaban J connectivity index is 1.40. The number of benzene rings is 2. The molecule has 2 aromatic carbocycles. The first-order chi connectivity index (χ1) is 19.0. The van der Waals surface area contributed by atoms with Crippen molar-refractivity contribution in [2.24, 2.45) is 10.9 Å². The molecule has 0 bridgehead atoms. The van der Waals surface area contributed by atoms with Gasteiger partial charge in [-0.25, -0.2) is 0 Å². The number of rotatable bonds is 13. The fourth-order valence-corrected chi connectivity index (χ4v) is 5.33. The lowest BCUT2D eigenvalue weighted by Crippen LogP contribution is -2.42. The van der Waals surface area contributed by atoms with Gasteiger partial charge in [-0.2, -0.15) is 0 Å². The second-order valence-electron chi connectivity index (χ2n) is 10.7. The Kier molecular flexibility index (Phi) is 10.8. The molecule has 212 valence electrons. The smallest absolute Gasteiger partial charge is 0.254 e. The van der Waals surface area contributed by atoms with E-state index in [1.807, 2.05) is 17.0 Å². The molecule has 8 heteroatoms. The molecule has 1 N–H and O–H groups in total. The predicted octanol–water partition coefficient (Wildman–Crippen LogP) is 3.90. The van der Waals surface area contributed by atoms with Gasteiger partial charge in [0.15, 0.2) is 11.5 Å². The molecule has 0 radical (unpaired) electrons. The van der Waals surface area contributed by atoms with E-state index < -0.39 is 0 Å². The Morgan fingerprint density at radius 2 is 1.95 bits per heavy atom. The molecule has 0 aromatic heterocycles. The van der Waals surface area contributed by atoms with Crippen LogP contribution in [0, 0.1) is 5.92 Å². The monoisotopic (exact) mass is 536 g/mol. The molecule has 2 aliphatic rings. The van der Waals surface area contributed by atoms with Crippen LogP contribution in [0.25, 0.3) is 0 Å². The van der Waals surface area contributed by atoms with Crippen molar-refractivity contribution in [2.45, 2.75) is 45.3 Å². The second-order valence-corrected chi connectivity index (χ2v) is 10.7. The zero-order valence-corrected chi connectivity index (χ0v) is 23.9. The van der Waals surface area contributed by atoms with Crippen LogP contribution in [0.3, 0.4) is 0 Å². The number of nitrogens with one attached hydrogen (secondary N) is 1. The first-order valence-electron chi connectivity index (χ1n) is 14.1. The van der Waals surface area contributed by atoms with Gasteiger partial charge in [0.05, 0.1) is 19.8 Å². The van der Waals surface area contributed by atoms with Crippen molar-refractivity contribution in [1.82, 2.24) is 15.1 Å². The fourth-order valence-electron chi connectivity index (χ4n) is 5.33. The summed E-state index contributed by atoms with van der Waals surface area (Å²) in [5, 5.41) is 3.50. The summed E-state index contributed by atoms with van der Waals surface area (Å²) >= 11 is 0. The fraction of sp³-hybridized carbons (Fsp3) is 0.548. The van der Waals surface area contributed by atoms with E-state index in [1.165, 1.54) is 11.3 Å². The van der Waals surface area contributed by atoms with Crippen molar-refractivity contribution in [1.29, 1.82) is 0 Å². The quantitative estimate of drug-likeness (QED) is 0.392. The van der Waals surface area contributed by atoms with Crippen LogP contribution >= 0.6 is 0 Å². The van der Waals surface area contributed by atoms with E-state index in [-0.39, 0.29) is 17.9 Å². The zero-order chi connectivity index (χ0) is 27.6. The van der Waals surface area contributed by atoms with Gasteiger partial charge in [0.2, 0.25) is 0 Å². The second kappa shape index (κ2) is 14.4. The van der Waals surface area contributed by atoms with Crippen LogP contribution in [0.2, 0.25) is 0 Å². The van der Waals surface area contributed by atoms with Crippen molar-refractivity contribution >= 4 is 11.6 Å². The molecule has 2 heterocycles. The Morgan fingerprint density at radius 3 is 2.69 bits per heavy atom. The van der Waals surface area contributed by atoms with E-state index in [0.29, 0.717) is 42.9 Å². The lowest BCUT2D eigenvalue weighted by Gasteiger charge is -2.30. The van der Waals surface area contributed by atoms with Gasteiger partial charge in [-0.05, 0) is 44.0 Å². The van der Waals surface area contributed by atoms with Gasteiger partial charge in [0.25, 0.3) is 5.91 Å². The summed E-state index contributed by atoms with van der Waals surface area (Å²) in [5.41, 5.74) is 3.14. The van der Waals surface area contributed by atoms with E-state index in [9.17, 15) is 4.79 Å². The number of amides is 1. The third kappa shape index (κ3) is 8.03. The molecule has 0 aliphatic carbocycles. The molecule has 39 heavy (non-hydrogen) atoms. The maximum Gasteiger partial charge on any atom is 0.254 e. The summed E-state index contributed by atoms with van der Waals surface area (Å²) in [6, 6.07) is 16.4. The molecule has 8 nitrogen and oxygen atoms in total. The summed E-state index contributed by atoms with van der Waals surface area (Å²) < 4.78 is 16.5. The van der Waals surface area contributed by atoms with E-state index in [4.69, 9.17) is 19.2 Å². The van der Waals surface area contributed by atoms with Gasteiger partial charge in [0.1, 0.15) is 0 Å². The normalized spacial score (nSPS) is 20.6. The summed E-state index contributed by atoms with van der Waals surface area (Å²) in [5.74, 6) is 1.40. The van der Waals surface area contributed by atoms with E-state index in [2.05, 4.69) is 54.4 Å². The molecule has 2 atom stereocenters. The largest absolute Gasteiger partial charge is 0.493 e. The number of nitrogens with zero attached hydrogens (tertiary/aromatic N) is 3. The Hall–Kier alpha value is -2.94. The number of hydrogen-bond donors (Lipinski definition) is 1. The molecule has 1 amide bonds. The standard InChI is InChI=1S/C31H44N4O4/c1-23(2)35(31(36)25-11-12-29(38-4)30(17-25)39-16-8-15-37-3)21-26-18-32-19-28(26)33-27-13-14-34(22-27)20-24-9-6-5-7-10-24/h5-7,9-12,17,23,26-27,32H,8,13-16,18-22H2,1-4H3/t26-,27?/m0/s1. The molecule has 1 unspecified atom stereocenters. The van der Waals surface area contributed by atoms with Gasteiger partial charge >= 0.3 is 0 Å². The number of carbonyl (C=O) groups is 1. The van der Waals surface area contributed by atoms with Gasteiger partial charge in [-0.15, -0.1) is 0 Å².